The maximum absolute atomic E-state index is 9.13. The summed E-state index contributed by atoms with van der Waals surface area (Å²) in [4.78, 5) is 0. The molecule has 90 valence electrons. The molecular formula is C14H18N2O. The van der Waals surface area contributed by atoms with Crippen LogP contribution >= 0.6 is 0 Å². The Hall–Kier alpha value is -1.53. The van der Waals surface area contributed by atoms with Crippen molar-refractivity contribution in [2.24, 2.45) is 11.7 Å². The van der Waals surface area contributed by atoms with Gasteiger partial charge in [-0.1, -0.05) is 6.07 Å². The van der Waals surface area contributed by atoms with E-state index in [1.165, 1.54) is 0 Å². The van der Waals surface area contributed by atoms with Gasteiger partial charge < -0.3 is 10.5 Å². The van der Waals surface area contributed by atoms with Crippen molar-refractivity contribution in [1.82, 2.24) is 0 Å². The zero-order valence-corrected chi connectivity index (χ0v) is 10.4. The first-order valence-corrected chi connectivity index (χ1v) is 5.95. The largest absolute Gasteiger partial charge is 0.491 e. The van der Waals surface area contributed by atoms with Crippen molar-refractivity contribution in [2.45, 2.75) is 32.2 Å². The van der Waals surface area contributed by atoms with Crippen molar-refractivity contribution < 1.29 is 4.74 Å². The van der Waals surface area contributed by atoms with Gasteiger partial charge in [-0.25, -0.2) is 0 Å². The Morgan fingerprint density at radius 1 is 1.35 bits per heavy atom. The molecule has 0 aliphatic heterocycles. The first-order chi connectivity index (χ1) is 8.03. The molecule has 0 bridgehead atoms. The standard InChI is InChI=1S/C14H18N2O/c1-10-5-11(2)7-13(6-10)17-9-14(16,8-15)12-3-4-12/h5-7,12H,3-4,9,16H2,1-2H3. The van der Waals surface area contributed by atoms with Crippen LogP contribution in [0.25, 0.3) is 0 Å². The molecule has 0 saturated heterocycles. The molecule has 3 nitrogen and oxygen atoms in total. The Kier molecular flexibility index (Phi) is 3.08. The van der Waals surface area contributed by atoms with Gasteiger partial charge >= 0.3 is 0 Å². The predicted octanol–water partition coefficient (Wildman–Crippen LogP) is 2.31. The number of nitriles is 1. The fourth-order valence-electron chi connectivity index (χ4n) is 2.06. The lowest BCUT2D eigenvalue weighted by molar-refractivity contribution is 0.237. The minimum atomic E-state index is -0.822. The first kappa shape index (κ1) is 11.9. The number of rotatable bonds is 4. The quantitative estimate of drug-likeness (QED) is 0.863. The summed E-state index contributed by atoms with van der Waals surface area (Å²) in [5.41, 5.74) is 7.54. The monoisotopic (exact) mass is 230 g/mol. The average molecular weight is 230 g/mol. The van der Waals surface area contributed by atoms with Gasteiger partial charge in [-0.3, -0.25) is 0 Å². The summed E-state index contributed by atoms with van der Waals surface area (Å²) in [5.74, 6) is 1.10. The van der Waals surface area contributed by atoms with Gasteiger partial charge in [0.2, 0.25) is 0 Å². The molecule has 2 rings (SSSR count). The average Bonchev–Trinajstić information content (AvgIpc) is 3.08. The van der Waals surface area contributed by atoms with E-state index in [-0.39, 0.29) is 6.61 Å². The van der Waals surface area contributed by atoms with E-state index in [9.17, 15) is 0 Å². The summed E-state index contributed by atoms with van der Waals surface area (Å²) in [7, 11) is 0. The molecule has 1 saturated carbocycles. The van der Waals surface area contributed by atoms with Gasteiger partial charge in [-0.2, -0.15) is 5.26 Å². The van der Waals surface area contributed by atoms with Crippen molar-refractivity contribution in [2.75, 3.05) is 6.61 Å². The summed E-state index contributed by atoms with van der Waals surface area (Å²) in [6.45, 7) is 4.33. The lowest BCUT2D eigenvalue weighted by Crippen LogP contribution is -2.46. The second kappa shape index (κ2) is 4.38. The Morgan fingerprint density at radius 2 is 1.94 bits per heavy atom. The molecular weight excluding hydrogens is 212 g/mol. The zero-order valence-electron chi connectivity index (χ0n) is 10.4. The van der Waals surface area contributed by atoms with Crippen LogP contribution in [0.2, 0.25) is 0 Å². The molecule has 1 aromatic carbocycles. The highest BCUT2D eigenvalue weighted by atomic mass is 16.5. The highest BCUT2D eigenvalue weighted by Gasteiger charge is 2.43. The Balaban J connectivity index is 2.04. The highest BCUT2D eigenvalue weighted by molar-refractivity contribution is 5.33. The zero-order chi connectivity index (χ0) is 12.5. The van der Waals surface area contributed by atoms with Gasteiger partial charge in [-0.15, -0.1) is 0 Å². The molecule has 1 aliphatic carbocycles. The van der Waals surface area contributed by atoms with E-state index in [2.05, 4.69) is 12.1 Å². The third-order valence-electron chi connectivity index (χ3n) is 3.19. The second-order valence-electron chi connectivity index (χ2n) is 5.04. The molecule has 1 fully saturated rings. The normalized spacial score (nSPS) is 18.2. The number of aryl methyl sites for hydroxylation is 2. The van der Waals surface area contributed by atoms with E-state index < -0.39 is 5.54 Å². The summed E-state index contributed by atoms with van der Waals surface area (Å²) >= 11 is 0. The third-order valence-corrected chi connectivity index (χ3v) is 3.19. The van der Waals surface area contributed by atoms with Gasteiger partial charge in [0, 0.05) is 0 Å². The molecule has 1 atom stereocenters. The van der Waals surface area contributed by atoms with E-state index in [1.807, 2.05) is 26.0 Å². The molecule has 1 aromatic rings. The third kappa shape index (κ3) is 2.78. The van der Waals surface area contributed by atoms with Crippen LogP contribution in [0, 0.1) is 31.1 Å². The van der Waals surface area contributed by atoms with Gasteiger partial charge in [0.25, 0.3) is 0 Å². The van der Waals surface area contributed by atoms with E-state index >= 15 is 0 Å². The van der Waals surface area contributed by atoms with E-state index in [0.717, 1.165) is 29.7 Å². The number of nitrogens with two attached hydrogens (primary N) is 1. The van der Waals surface area contributed by atoms with Gasteiger partial charge in [0.1, 0.15) is 17.9 Å². The Morgan fingerprint density at radius 3 is 2.41 bits per heavy atom. The maximum Gasteiger partial charge on any atom is 0.141 e. The molecule has 0 amide bonds. The van der Waals surface area contributed by atoms with Gasteiger partial charge in [-0.05, 0) is 55.9 Å². The second-order valence-corrected chi connectivity index (χ2v) is 5.04. The van der Waals surface area contributed by atoms with Crippen molar-refractivity contribution in [3.8, 4) is 11.8 Å². The van der Waals surface area contributed by atoms with Crippen molar-refractivity contribution in [3.05, 3.63) is 29.3 Å². The molecule has 0 radical (unpaired) electrons. The molecule has 17 heavy (non-hydrogen) atoms. The number of hydrogen-bond donors (Lipinski definition) is 1. The summed E-state index contributed by atoms with van der Waals surface area (Å²) in [6, 6.07) is 8.22. The van der Waals surface area contributed by atoms with Crippen LogP contribution < -0.4 is 10.5 Å². The predicted molar refractivity (Wildman–Crippen MR) is 66.7 cm³/mol. The van der Waals surface area contributed by atoms with Crippen LogP contribution in [0.5, 0.6) is 5.75 Å². The smallest absolute Gasteiger partial charge is 0.141 e. The molecule has 3 heteroatoms. The van der Waals surface area contributed by atoms with Gasteiger partial charge in [0.05, 0.1) is 6.07 Å². The summed E-state index contributed by atoms with van der Waals surface area (Å²) < 4.78 is 5.68. The Labute approximate surface area is 102 Å². The number of benzene rings is 1. The molecule has 0 aromatic heterocycles. The van der Waals surface area contributed by atoms with Crippen LogP contribution in [-0.2, 0) is 0 Å². The molecule has 1 unspecified atom stereocenters. The van der Waals surface area contributed by atoms with E-state index in [0.29, 0.717) is 5.92 Å². The molecule has 0 spiro atoms. The van der Waals surface area contributed by atoms with Crippen LogP contribution in [0.3, 0.4) is 0 Å². The Bertz CT molecular complexity index is 440. The maximum atomic E-state index is 9.13. The first-order valence-electron chi connectivity index (χ1n) is 5.95. The highest BCUT2D eigenvalue weighted by Crippen LogP contribution is 2.38. The number of nitrogens with zero attached hydrogens (tertiary/aromatic N) is 1. The van der Waals surface area contributed by atoms with Crippen LogP contribution in [-0.4, -0.2) is 12.1 Å². The van der Waals surface area contributed by atoms with Gasteiger partial charge in [0.15, 0.2) is 0 Å². The van der Waals surface area contributed by atoms with Crippen LogP contribution in [0.1, 0.15) is 24.0 Å². The van der Waals surface area contributed by atoms with Crippen molar-refractivity contribution >= 4 is 0 Å². The van der Waals surface area contributed by atoms with Crippen LogP contribution in [0.15, 0.2) is 18.2 Å². The lowest BCUT2D eigenvalue weighted by atomic mass is 9.98. The number of hydrogen-bond acceptors (Lipinski definition) is 3. The van der Waals surface area contributed by atoms with E-state index in [4.69, 9.17) is 15.7 Å². The van der Waals surface area contributed by atoms with E-state index in [1.54, 1.807) is 0 Å². The minimum Gasteiger partial charge on any atom is -0.491 e. The molecule has 1 aliphatic rings. The SMILES string of the molecule is Cc1cc(C)cc(OCC(N)(C#N)C2CC2)c1. The lowest BCUT2D eigenvalue weighted by Gasteiger charge is -2.21. The molecule has 2 N–H and O–H groups in total. The minimum absolute atomic E-state index is 0.275. The summed E-state index contributed by atoms with van der Waals surface area (Å²) in [6.07, 6.45) is 2.08. The topological polar surface area (TPSA) is 59.0 Å². The summed E-state index contributed by atoms with van der Waals surface area (Å²) in [5, 5.41) is 9.13. The van der Waals surface area contributed by atoms with Crippen LogP contribution in [0.4, 0.5) is 0 Å². The fourth-order valence-corrected chi connectivity index (χ4v) is 2.06. The molecule has 0 heterocycles. The fraction of sp³-hybridized carbons (Fsp3) is 0.500. The van der Waals surface area contributed by atoms with Crippen molar-refractivity contribution in [3.63, 3.8) is 0 Å². The number of ether oxygens (including phenoxy) is 1. The van der Waals surface area contributed by atoms with Crippen molar-refractivity contribution in [1.29, 1.82) is 5.26 Å².